The Balaban J connectivity index is 2.74. The molecule has 0 saturated heterocycles. The van der Waals surface area contributed by atoms with Crippen LogP contribution in [0.2, 0.25) is 0 Å². The standard InChI is InChI=1S/C15H18FIO2/c1-12(18)19-11-15(16)10-14(8-5-9-17)13-6-3-2-4-7-13/h2-4,6-7,10,14H,5,8-9,11H2,1H3/b15-10+. The highest BCUT2D eigenvalue weighted by Crippen LogP contribution is 2.25. The molecule has 0 spiro atoms. The van der Waals surface area contributed by atoms with Crippen molar-refractivity contribution in [3.05, 3.63) is 47.8 Å². The highest BCUT2D eigenvalue weighted by atomic mass is 127. The Hall–Kier alpha value is -0.910. The van der Waals surface area contributed by atoms with E-state index in [4.69, 9.17) is 0 Å². The summed E-state index contributed by atoms with van der Waals surface area (Å²) in [7, 11) is 0. The summed E-state index contributed by atoms with van der Waals surface area (Å²) < 4.78 is 19.4. The molecule has 4 heteroatoms. The van der Waals surface area contributed by atoms with Crippen LogP contribution in [0.3, 0.4) is 0 Å². The fourth-order valence-electron chi connectivity index (χ4n) is 1.78. The van der Waals surface area contributed by atoms with Crippen LogP contribution in [-0.4, -0.2) is 17.0 Å². The second-order valence-corrected chi connectivity index (χ2v) is 5.32. The van der Waals surface area contributed by atoms with E-state index in [0.29, 0.717) is 0 Å². The molecule has 0 heterocycles. The lowest BCUT2D eigenvalue weighted by molar-refractivity contribution is -0.140. The zero-order valence-corrected chi connectivity index (χ0v) is 13.1. The maximum atomic E-state index is 13.7. The molecule has 0 aromatic heterocycles. The number of hydrogen-bond donors (Lipinski definition) is 0. The highest BCUT2D eigenvalue weighted by molar-refractivity contribution is 14.1. The molecule has 0 fully saturated rings. The Bertz CT molecular complexity index is 417. The van der Waals surface area contributed by atoms with Gasteiger partial charge in [0.2, 0.25) is 0 Å². The van der Waals surface area contributed by atoms with Gasteiger partial charge in [-0.15, -0.1) is 0 Å². The molecule has 104 valence electrons. The van der Waals surface area contributed by atoms with Crippen LogP contribution in [0.5, 0.6) is 0 Å². The van der Waals surface area contributed by atoms with Crippen molar-refractivity contribution >= 4 is 28.6 Å². The van der Waals surface area contributed by atoms with Gasteiger partial charge in [0, 0.05) is 12.8 Å². The molecular weight excluding hydrogens is 358 g/mol. The van der Waals surface area contributed by atoms with E-state index in [2.05, 4.69) is 27.3 Å². The van der Waals surface area contributed by atoms with Crippen LogP contribution in [0.1, 0.15) is 31.2 Å². The van der Waals surface area contributed by atoms with Crippen molar-refractivity contribution < 1.29 is 13.9 Å². The van der Waals surface area contributed by atoms with Gasteiger partial charge in [-0.25, -0.2) is 4.39 Å². The Morgan fingerprint density at radius 2 is 2.11 bits per heavy atom. The highest BCUT2D eigenvalue weighted by Gasteiger charge is 2.10. The van der Waals surface area contributed by atoms with Gasteiger partial charge in [-0.1, -0.05) is 52.9 Å². The number of rotatable bonds is 7. The van der Waals surface area contributed by atoms with Crippen LogP contribution in [-0.2, 0) is 9.53 Å². The van der Waals surface area contributed by atoms with Crippen molar-refractivity contribution in [3.63, 3.8) is 0 Å². The second kappa shape index (κ2) is 9.07. The Labute approximate surface area is 127 Å². The summed E-state index contributed by atoms with van der Waals surface area (Å²) in [4.78, 5) is 10.7. The van der Waals surface area contributed by atoms with Gasteiger partial charge in [-0.3, -0.25) is 4.79 Å². The maximum Gasteiger partial charge on any atom is 0.303 e. The van der Waals surface area contributed by atoms with Crippen molar-refractivity contribution in [2.75, 3.05) is 11.0 Å². The van der Waals surface area contributed by atoms with Gasteiger partial charge in [-0.05, 0) is 28.9 Å². The van der Waals surface area contributed by atoms with Gasteiger partial charge >= 0.3 is 5.97 Å². The van der Waals surface area contributed by atoms with Crippen molar-refractivity contribution in [2.24, 2.45) is 0 Å². The van der Waals surface area contributed by atoms with Gasteiger partial charge in [0.15, 0.2) is 0 Å². The molecule has 19 heavy (non-hydrogen) atoms. The number of allylic oxidation sites excluding steroid dienone is 1. The predicted molar refractivity (Wildman–Crippen MR) is 83.1 cm³/mol. The van der Waals surface area contributed by atoms with Crippen LogP contribution >= 0.6 is 22.6 Å². The van der Waals surface area contributed by atoms with E-state index < -0.39 is 11.8 Å². The number of carbonyl (C=O) groups excluding carboxylic acids is 1. The maximum absolute atomic E-state index is 13.7. The summed E-state index contributed by atoms with van der Waals surface area (Å²) in [5.41, 5.74) is 1.09. The molecule has 0 amide bonds. The quantitative estimate of drug-likeness (QED) is 0.401. The smallest absolute Gasteiger partial charge is 0.303 e. The Morgan fingerprint density at radius 3 is 2.68 bits per heavy atom. The molecule has 1 rings (SSSR count). The molecule has 0 bridgehead atoms. The van der Waals surface area contributed by atoms with E-state index in [1.165, 1.54) is 6.92 Å². The first kappa shape index (κ1) is 16.1. The molecule has 0 radical (unpaired) electrons. The van der Waals surface area contributed by atoms with E-state index in [1.54, 1.807) is 6.08 Å². The first-order valence-corrected chi connectivity index (χ1v) is 7.76. The molecule has 1 atom stereocenters. The van der Waals surface area contributed by atoms with Gasteiger partial charge in [0.1, 0.15) is 12.4 Å². The number of esters is 1. The lowest BCUT2D eigenvalue weighted by atomic mass is 9.94. The average molecular weight is 376 g/mol. The van der Waals surface area contributed by atoms with Gasteiger partial charge in [-0.2, -0.15) is 0 Å². The third-order valence-electron chi connectivity index (χ3n) is 2.67. The molecule has 1 unspecified atom stereocenters. The van der Waals surface area contributed by atoms with E-state index in [1.807, 2.05) is 30.3 Å². The zero-order chi connectivity index (χ0) is 14.1. The summed E-state index contributed by atoms with van der Waals surface area (Å²) in [5, 5.41) is 0. The normalized spacial score (nSPS) is 13.1. The minimum Gasteiger partial charge on any atom is -0.459 e. The van der Waals surface area contributed by atoms with Crippen LogP contribution < -0.4 is 0 Å². The Morgan fingerprint density at radius 1 is 1.42 bits per heavy atom. The fourth-order valence-corrected chi connectivity index (χ4v) is 2.22. The summed E-state index contributed by atoms with van der Waals surface area (Å²) in [6.07, 6.45) is 3.47. The van der Waals surface area contributed by atoms with Crippen molar-refractivity contribution in [3.8, 4) is 0 Å². The number of carbonyl (C=O) groups is 1. The first-order chi connectivity index (χ1) is 9.13. The minimum atomic E-state index is -0.466. The van der Waals surface area contributed by atoms with E-state index in [0.717, 1.165) is 22.8 Å². The van der Waals surface area contributed by atoms with Crippen LogP contribution in [0, 0.1) is 0 Å². The predicted octanol–water partition coefficient (Wildman–Crippen LogP) is 4.40. The van der Waals surface area contributed by atoms with E-state index >= 15 is 0 Å². The third-order valence-corrected chi connectivity index (χ3v) is 3.43. The molecule has 1 aromatic carbocycles. The summed E-state index contributed by atoms with van der Waals surface area (Å²) in [6.45, 7) is 1.00. The van der Waals surface area contributed by atoms with Crippen molar-refractivity contribution in [1.29, 1.82) is 0 Å². The SMILES string of the molecule is CC(=O)OC/C(F)=C\C(CCCI)c1ccccc1. The summed E-state index contributed by atoms with van der Waals surface area (Å²) in [6, 6.07) is 9.83. The Kier molecular flexibility index (Phi) is 7.70. The van der Waals surface area contributed by atoms with Crippen molar-refractivity contribution in [1.82, 2.24) is 0 Å². The number of hydrogen-bond acceptors (Lipinski definition) is 2. The molecular formula is C15H18FIO2. The largest absolute Gasteiger partial charge is 0.459 e. The number of ether oxygens (including phenoxy) is 1. The second-order valence-electron chi connectivity index (χ2n) is 4.24. The summed E-state index contributed by atoms with van der Waals surface area (Å²) >= 11 is 2.32. The molecule has 0 N–H and O–H groups in total. The molecule has 0 aliphatic rings. The van der Waals surface area contributed by atoms with Crippen LogP contribution in [0.15, 0.2) is 42.2 Å². The van der Waals surface area contributed by atoms with Crippen LogP contribution in [0.25, 0.3) is 0 Å². The number of benzene rings is 1. The lowest BCUT2D eigenvalue weighted by Gasteiger charge is -2.13. The summed E-state index contributed by atoms with van der Waals surface area (Å²) in [5.74, 6) is -0.823. The molecule has 2 nitrogen and oxygen atoms in total. The van der Waals surface area contributed by atoms with E-state index in [-0.39, 0.29) is 12.5 Å². The average Bonchev–Trinajstić information content (AvgIpc) is 2.42. The third kappa shape index (κ3) is 6.71. The minimum absolute atomic E-state index is 0.0338. The van der Waals surface area contributed by atoms with Gasteiger partial charge in [0.05, 0.1) is 0 Å². The molecule has 0 aliphatic heterocycles. The topological polar surface area (TPSA) is 26.3 Å². The monoisotopic (exact) mass is 376 g/mol. The van der Waals surface area contributed by atoms with Crippen LogP contribution in [0.4, 0.5) is 4.39 Å². The molecule has 1 aromatic rings. The van der Waals surface area contributed by atoms with Gasteiger partial charge < -0.3 is 4.74 Å². The molecule has 0 aliphatic carbocycles. The van der Waals surface area contributed by atoms with E-state index in [9.17, 15) is 9.18 Å². The van der Waals surface area contributed by atoms with Gasteiger partial charge in [0.25, 0.3) is 0 Å². The zero-order valence-electron chi connectivity index (χ0n) is 10.9. The molecule has 0 saturated carbocycles. The number of alkyl halides is 1. The van der Waals surface area contributed by atoms with Crippen molar-refractivity contribution in [2.45, 2.75) is 25.7 Å². The lowest BCUT2D eigenvalue weighted by Crippen LogP contribution is -2.03. The fraction of sp³-hybridized carbons (Fsp3) is 0.400. The number of halogens is 2. The first-order valence-electron chi connectivity index (χ1n) is 6.24.